The van der Waals surface area contributed by atoms with Crippen molar-refractivity contribution in [1.29, 1.82) is 0 Å². The maximum Gasteiger partial charge on any atom is 0.109 e. The molecule has 0 aliphatic carbocycles. The highest BCUT2D eigenvalue weighted by Crippen LogP contribution is 2.30. The van der Waals surface area contributed by atoms with Crippen LogP contribution in [0.5, 0.6) is 0 Å². The molecule has 4 heteroatoms. The van der Waals surface area contributed by atoms with E-state index in [2.05, 4.69) is 54.5 Å². The molecule has 0 aromatic carbocycles. The first-order valence-electron chi connectivity index (χ1n) is 8.45. The number of aromatic nitrogens is 2. The molecule has 21 heavy (non-hydrogen) atoms. The lowest BCUT2D eigenvalue weighted by atomic mass is 9.83. The van der Waals surface area contributed by atoms with Gasteiger partial charge in [-0.2, -0.15) is 0 Å². The van der Waals surface area contributed by atoms with E-state index in [1.165, 1.54) is 25.1 Å². The van der Waals surface area contributed by atoms with Gasteiger partial charge in [0.05, 0.1) is 0 Å². The Morgan fingerprint density at radius 1 is 1.24 bits per heavy atom. The van der Waals surface area contributed by atoms with Crippen LogP contribution in [0.1, 0.15) is 52.8 Å². The minimum atomic E-state index is 0.263. The van der Waals surface area contributed by atoms with E-state index < -0.39 is 0 Å². The minimum absolute atomic E-state index is 0.263. The van der Waals surface area contributed by atoms with Crippen LogP contribution in [0.3, 0.4) is 0 Å². The van der Waals surface area contributed by atoms with E-state index in [1.807, 2.05) is 12.4 Å². The van der Waals surface area contributed by atoms with E-state index in [-0.39, 0.29) is 11.1 Å². The molecule has 1 fully saturated rings. The first-order chi connectivity index (χ1) is 9.98. The summed E-state index contributed by atoms with van der Waals surface area (Å²) in [5.74, 6) is 1.19. The molecule has 1 aliphatic heterocycles. The number of hydrogen-bond donors (Lipinski definition) is 1. The Hall–Kier alpha value is -0.870. The molecule has 0 saturated carbocycles. The molecule has 1 unspecified atom stereocenters. The molecule has 2 heterocycles. The van der Waals surface area contributed by atoms with Gasteiger partial charge in [0.1, 0.15) is 5.82 Å². The van der Waals surface area contributed by atoms with E-state index in [4.69, 9.17) is 0 Å². The van der Waals surface area contributed by atoms with Gasteiger partial charge in [-0.1, -0.05) is 20.8 Å². The van der Waals surface area contributed by atoms with Crippen molar-refractivity contribution in [2.45, 2.75) is 64.5 Å². The second-order valence-electron chi connectivity index (χ2n) is 6.82. The van der Waals surface area contributed by atoms with Gasteiger partial charge in [0.2, 0.25) is 0 Å². The van der Waals surface area contributed by atoms with Crippen LogP contribution >= 0.6 is 0 Å². The van der Waals surface area contributed by atoms with Crippen LogP contribution in [0, 0.1) is 0 Å². The van der Waals surface area contributed by atoms with Gasteiger partial charge in [0.25, 0.3) is 0 Å². The smallest absolute Gasteiger partial charge is 0.109 e. The second kappa shape index (κ2) is 6.49. The lowest BCUT2D eigenvalue weighted by Crippen LogP contribution is -2.68. The summed E-state index contributed by atoms with van der Waals surface area (Å²) < 4.78 is 2.14. The number of nitrogens with one attached hydrogen (secondary N) is 1. The summed E-state index contributed by atoms with van der Waals surface area (Å²) >= 11 is 0. The number of imidazole rings is 1. The Morgan fingerprint density at radius 3 is 2.48 bits per heavy atom. The summed E-state index contributed by atoms with van der Waals surface area (Å²) in [5.41, 5.74) is 0.551. The fourth-order valence-corrected chi connectivity index (χ4v) is 3.40. The lowest BCUT2D eigenvalue weighted by molar-refractivity contribution is 0.00960. The van der Waals surface area contributed by atoms with Crippen LogP contribution in [0.25, 0.3) is 0 Å². The first kappa shape index (κ1) is 16.5. The van der Waals surface area contributed by atoms with Crippen LogP contribution in [0.2, 0.25) is 0 Å². The zero-order valence-corrected chi connectivity index (χ0v) is 14.4. The van der Waals surface area contributed by atoms with Crippen molar-refractivity contribution < 1.29 is 0 Å². The van der Waals surface area contributed by atoms with Gasteiger partial charge in [0, 0.05) is 56.6 Å². The SMILES string of the molecule is CCC1(CC)CN(CCc2nccn2C)C(C)(CC)CN1. The Balaban J connectivity index is 2.09. The predicted molar refractivity (Wildman–Crippen MR) is 88.5 cm³/mol. The second-order valence-corrected chi connectivity index (χ2v) is 6.82. The fourth-order valence-electron chi connectivity index (χ4n) is 3.40. The van der Waals surface area contributed by atoms with Crippen LogP contribution in [0.15, 0.2) is 12.4 Å². The molecule has 1 N–H and O–H groups in total. The fraction of sp³-hybridized carbons (Fsp3) is 0.824. The molecule has 2 rings (SSSR count). The molecule has 1 aromatic heterocycles. The Bertz CT molecular complexity index is 449. The molecule has 1 atom stereocenters. The van der Waals surface area contributed by atoms with Crippen molar-refractivity contribution in [1.82, 2.24) is 19.8 Å². The zero-order chi connectivity index (χ0) is 15.5. The maximum atomic E-state index is 4.47. The molecule has 0 radical (unpaired) electrons. The summed E-state index contributed by atoms with van der Waals surface area (Å²) in [6.45, 7) is 12.7. The molecule has 1 aromatic rings. The van der Waals surface area contributed by atoms with Gasteiger partial charge in [-0.3, -0.25) is 4.90 Å². The van der Waals surface area contributed by atoms with Gasteiger partial charge in [0.15, 0.2) is 0 Å². The molecule has 120 valence electrons. The molecular weight excluding hydrogens is 260 g/mol. The van der Waals surface area contributed by atoms with Crippen LogP contribution < -0.4 is 5.32 Å². The average molecular weight is 292 g/mol. The molecule has 1 saturated heterocycles. The summed E-state index contributed by atoms with van der Waals surface area (Å²) in [6, 6.07) is 0. The molecule has 4 nitrogen and oxygen atoms in total. The van der Waals surface area contributed by atoms with Crippen LogP contribution in [0.4, 0.5) is 0 Å². The molecule has 0 bridgehead atoms. The monoisotopic (exact) mass is 292 g/mol. The third kappa shape index (κ3) is 3.32. The summed E-state index contributed by atoms with van der Waals surface area (Å²) in [7, 11) is 2.08. The number of piperazine rings is 1. The zero-order valence-electron chi connectivity index (χ0n) is 14.4. The molecule has 0 amide bonds. The van der Waals surface area contributed by atoms with Crippen molar-refractivity contribution in [3.05, 3.63) is 18.2 Å². The highest BCUT2D eigenvalue weighted by Gasteiger charge is 2.42. The normalized spacial score (nSPS) is 26.1. The lowest BCUT2D eigenvalue weighted by Gasteiger charge is -2.53. The van der Waals surface area contributed by atoms with E-state index in [0.29, 0.717) is 0 Å². The van der Waals surface area contributed by atoms with E-state index >= 15 is 0 Å². The van der Waals surface area contributed by atoms with Crippen molar-refractivity contribution in [2.75, 3.05) is 19.6 Å². The van der Waals surface area contributed by atoms with E-state index in [9.17, 15) is 0 Å². The molecule has 0 spiro atoms. The van der Waals surface area contributed by atoms with Crippen LogP contribution in [-0.2, 0) is 13.5 Å². The first-order valence-corrected chi connectivity index (χ1v) is 8.45. The third-order valence-corrected chi connectivity index (χ3v) is 5.74. The largest absolute Gasteiger partial charge is 0.338 e. The quantitative estimate of drug-likeness (QED) is 0.875. The summed E-state index contributed by atoms with van der Waals surface area (Å²) in [4.78, 5) is 7.17. The Morgan fingerprint density at radius 2 is 1.95 bits per heavy atom. The molecular formula is C17H32N4. The predicted octanol–water partition coefficient (Wildman–Crippen LogP) is 2.60. The van der Waals surface area contributed by atoms with Crippen LogP contribution in [-0.4, -0.2) is 45.2 Å². The number of hydrogen-bond acceptors (Lipinski definition) is 3. The van der Waals surface area contributed by atoms with Crippen molar-refractivity contribution in [3.63, 3.8) is 0 Å². The average Bonchev–Trinajstić information content (AvgIpc) is 2.92. The van der Waals surface area contributed by atoms with Gasteiger partial charge in [-0.15, -0.1) is 0 Å². The Kier molecular flexibility index (Phi) is 5.10. The standard InChI is InChI=1S/C17H32N4/c1-6-16(4)13-19-17(7-2,8-3)14-21(16)11-9-15-18-10-12-20(15)5/h10,12,19H,6-9,11,13-14H2,1-5H3. The van der Waals surface area contributed by atoms with Crippen molar-refractivity contribution in [3.8, 4) is 0 Å². The summed E-state index contributed by atoms with van der Waals surface area (Å²) in [6.07, 6.45) is 8.54. The topological polar surface area (TPSA) is 33.1 Å². The maximum absolute atomic E-state index is 4.47. The van der Waals surface area contributed by atoms with E-state index in [1.54, 1.807) is 0 Å². The van der Waals surface area contributed by atoms with Crippen molar-refractivity contribution in [2.24, 2.45) is 7.05 Å². The van der Waals surface area contributed by atoms with Gasteiger partial charge in [-0.25, -0.2) is 4.98 Å². The minimum Gasteiger partial charge on any atom is -0.338 e. The molecule has 1 aliphatic rings. The van der Waals surface area contributed by atoms with Gasteiger partial charge >= 0.3 is 0 Å². The highest BCUT2D eigenvalue weighted by molar-refractivity contribution is 5.03. The number of nitrogens with zero attached hydrogens (tertiary/aromatic N) is 3. The van der Waals surface area contributed by atoms with E-state index in [0.717, 1.165) is 26.1 Å². The Labute approximate surface area is 129 Å². The summed E-state index contributed by atoms with van der Waals surface area (Å²) in [5, 5.41) is 3.85. The number of aryl methyl sites for hydroxylation is 1. The van der Waals surface area contributed by atoms with Gasteiger partial charge in [-0.05, 0) is 26.2 Å². The highest BCUT2D eigenvalue weighted by atomic mass is 15.3. The third-order valence-electron chi connectivity index (χ3n) is 5.74. The number of rotatable bonds is 6. The van der Waals surface area contributed by atoms with Gasteiger partial charge < -0.3 is 9.88 Å². The van der Waals surface area contributed by atoms with Crippen molar-refractivity contribution >= 4 is 0 Å².